The van der Waals surface area contributed by atoms with Crippen LogP contribution in [0.1, 0.15) is 5.69 Å². The van der Waals surface area contributed by atoms with Crippen molar-refractivity contribution in [2.24, 2.45) is 0 Å². The molecule has 0 aliphatic heterocycles. The number of H-pyrrole nitrogens is 1. The Balaban J connectivity index is 2.40. The van der Waals surface area contributed by atoms with Gasteiger partial charge in [0.15, 0.2) is 5.65 Å². The second-order valence-corrected chi connectivity index (χ2v) is 6.32. The van der Waals surface area contributed by atoms with E-state index in [1.165, 1.54) is 4.52 Å². The van der Waals surface area contributed by atoms with E-state index in [2.05, 4.69) is 48.6 Å². The highest BCUT2D eigenvalue weighted by atomic mass is 127. The van der Waals surface area contributed by atoms with Crippen molar-refractivity contribution in [2.75, 3.05) is 0 Å². The molecule has 2 N–H and O–H groups in total. The molecule has 0 fully saturated rings. The number of aromatic nitrogens is 3. The van der Waals surface area contributed by atoms with Crippen molar-refractivity contribution in [1.29, 1.82) is 0 Å². The van der Waals surface area contributed by atoms with E-state index >= 15 is 0 Å². The number of rotatable bonds is 1. The number of aryl methyl sites for hydroxylation is 1. The van der Waals surface area contributed by atoms with E-state index < -0.39 is 0 Å². The molecule has 3 aromatic rings. The highest BCUT2D eigenvalue weighted by molar-refractivity contribution is 14.1. The predicted molar refractivity (Wildman–Crippen MR) is 88.1 cm³/mol. The first-order valence-electron chi connectivity index (χ1n) is 5.75. The van der Waals surface area contributed by atoms with Gasteiger partial charge >= 0.3 is 0 Å². The van der Waals surface area contributed by atoms with E-state index in [0.29, 0.717) is 11.2 Å². The molecule has 102 valence electrons. The summed E-state index contributed by atoms with van der Waals surface area (Å²) in [5.41, 5.74) is 1.75. The Bertz CT molecular complexity index is 885. The predicted octanol–water partition coefficient (Wildman–Crippen LogP) is 3.07. The molecule has 0 amide bonds. The van der Waals surface area contributed by atoms with E-state index in [4.69, 9.17) is 0 Å². The molecule has 0 atom stereocenters. The van der Waals surface area contributed by atoms with Crippen LogP contribution in [-0.4, -0.2) is 19.7 Å². The number of nitrogens with zero attached hydrogens (tertiary/aromatic N) is 2. The van der Waals surface area contributed by atoms with Crippen molar-refractivity contribution in [2.45, 2.75) is 6.92 Å². The highest BCUT2D eigenvalue weighted by Gasteiger charge is 2.18. The lowest BCUT2D eigenvalue weighted by atomic mass is 10.1. The van der Waals surface area contributed by atoms with Gasteiger partial charge in [0.2, 0.25) is 5.88 Å². The third-order valence-corrected chi connectivity index (χ3v) is 4.77. The van der Waals surface area contributed by atoms with Gasteiger partial charge in [-0.15, -0.1) is 0 Å². The summed E-state index contributed by atoms with van der Waals surface area (Å²) in [7, 11) is 0. The number of halogens is 2. The van der Waals surface area contributed by atoms with Gasteiger partial charge in [0, 0.05) is 4.47 Å². The molecule has 0 saturated carbocycles. The standard InChI is InChI=1S/C13H9BrIN3O2/c1-6-10(15)11-16-12(19)9(13(20)18(11)17-6)7-3-2-4-8(14)5-7/h2-5,20H,1H3,(H,16,19). The molecule has 0 saturated heterocycles. The summed E-state index contributed by atoms with van der Waals surface area (Å²) in [5.74, 6) is -0.159. The number of aromatic amines is 1. The van der Waals surface area contributed by atoms with Crippen LogP contribution in [0.25, 0.3) is 16.8 Å². The Hall–Kier alpha value is -1.35. The summed E-state index contributed by atoms with van der Waals surface area (Å²) in [6, 6.07) is 7.20. The van der Waals surface area contributed by atoms with Gasteiger partial charge in [-0.05, 0) is 47.2 Å². The third kappa shape index (κ3) is 2.05. The lowest BCUT2D eigenvalue weighted by molar-refractivity contribution is 0.436. The zero-order valence-corrected chi connectivity index (χ0v) is 14.1. The summed E-state index contributed by atoms with van der Waals surface area (Å²) in [4.78, 5) is 15.0. The summed E-state index contributed by atoms with van der Waals surface area (Å²) >= 11 is 5.45. The molecule has 0 bridgehead atoms. The van der Waals surface area contributed by atoms with Crippen molar-refractivity contribution in [3.8, 4) is 17.0 Å². The average Bonchev–Trinajstić information content (AvgIpc) is 2.67. The lowest BCUT2D eigenvalue weighted by Crippen LogP contribution is -2.12. The van der Waals surface area contributed by atoms with Crippen molar-refractivity contribution < 1.29 is 5.11 Å². The Morgan fingerprint density at radius 3 is 2.90 bits per heavy atom. The molecule has 0 radical (unpaired) electrons. The maximum Gasteiger partial charge on any atom is 0.262 e. The summed E-state index contributed by atoms with van der Waals surface area (Å²) in [6.07, 6.45) is 0. The molecule has 2 heterocycles. The summed E-state index contributed by atoms with van der Waals surface area (Å²) in [5, 5.41) is 14.6. The quantitative estimate of drug-likeness (QED) is 0.565. The van der Waals surface area contributed by atoms with Crippen LogP contribution < -0.4 is 5.56 Å². The second kappa shape index (κ2) is 4.88. The fourth-order valence-corrected chi connectivity index (χ4v) is 2.92. The van der Waals surface area contributed by atoms with Crippen molar-refractivity contribution >= 4 is 44.2 Å². The molecule has 5 nitrogen and oxygen atoms in total. The molecule has 7 heteroatoms. The number of hydrogen-bond donors (Lipinski definition) is 2. The minimum Gasteiger partial charge on any atom is -0.493 e. The number of hydrogen-bond acceptors (Lipinski definition) is 3. The van der Waals surface area contributed by atoms with Crippen LogP contribution in [-0.2, 0) is 0 Å². The van der Waals surface area contributed by atoms with E-state index in [-0.39, 0.29) is 17.0 Å². The van der Waals surface area contributed by atoms with Crippen molar-refractivity contribution in [1.82, 2.24) is 14.6 Å². The molecule has 0 unspecified atom stereocenters. The average molecular weight is 446 g/mol. The summed E-state index contributed by atoms with van der Waals surface area (Å²) < 4.78 is 3.00. The number of benzene rings is 1. The van der Waals surface area contributed by atoms with Crippen molar-refractivity contribution in [3.63, 3.8) is 0 Å². The second-order valence-electron chi connectivity index (χ2n) is 4.32. The first-order chi connectivity index (χ1) is 9.49. The minimum atomic E-state index is -0.342. The Kier molecular flexibility index (Phi) is 3.33. The van der Waals surface area contributed by atoms with Crippen LogP contribution in [0.4, 0.5) is 0 Å². The molecule has 0 aliphatic rings. The molecule has 3 rings (SSSR count). The van der Waals surface area contributed by atoms with Gasteiger partial charge in [-0.1, -0.05) is 28.1 Å². The van der Waals surface area contributed by atoms with Crippen LogP contribution in [0.2, 0.25) is 0 Å². The highest BCUT2D eigenvalue weighted by Crippen LogP contribution is 2.29. The largest absolute Gasteiger partial charge is 0.493 e. The van der Waals surface area contributed by atoms with E-state index in [9.17, 15) is 9.90 Å². The maximum atomic E-state index is 12.3. The van der Waals surface area contributed by atoms with Crippen LogP contribution in [0.3, 0.4) is 0 Å². The number of fused-ring (bicyclic) bond motifs is 1. The monoisotopic (exact) mass is 445 g/mol. The Morgan fingerprint density at radius 2 is 2.20 bits per heavy atom. The molecule has 20 heavy (non-hydrogen) atoms. The minimum absolute atomic E-state index is 0.159. The molecular formula is C13H9BrIN3O2. The molecule has 0 aliphatic carbocycles. The molecule has 0 spiro atoms. The zero-order chi connectivity index (χ0) is 14.4. The smallest absolute Gasteiger partial charge is 0.262 e. The van der Waals surface area contributed by atoms with Gasteiger partial charge in [0.25, 0.3) is 5.56 Å². The van der Waals surface area contributed by atoms with Crippen LogP contribution in [0, 0.1) is 10.5 Å². The molecular weight excluding hydrogens is 437 g/mol. The van der Waals surface area contributed by atoms with Gasteiger partial charge in [0.1, 0.15) is 5.56 Å². The zero-order valence-electron chi connectivity index (χ0n) is 10.3. The Labute approximate surface area is 135 Å². The van der Waals surface area contributed by atoms with Crippen LogP contribution in [0.5, 0.6) is 5.88 Å². The van der Waals surface area contributed by atoms with E-state index in [0.717, 1.165) is 13.7 Å². The first kappa shape index (κ1) is 13.6. The molecule has 2 aromatic heterocycles. The summed E-state index contributed by atoms with van der Waals surface area (Å²) in [6.45, 7) is 1.82. The SMILES string of the molecule is Cc1nn2c(O)c(-c3cccc(Br)c3)c(=O)[nH]c2c1I. The van der Waals surface area contributed by atoms with Gasteiger partial charge in [-0.25, -0.2) is 0 Å². The fourth-order valence-electron chi connectivity index (χ4n) is 2.05. The topological polar surface area (TPSA) is 70.4 Å². The number of aromatic hydroxyl groups is 1. The van der Waals surface area contributed by atoms with Crippen molar-refractivity contribution in [3.05, 3.63) is 48.4 Å². The van der Waals surface area contributed by atoms with Gasteiger partial charge in [0.05, 0.1) is 9.26 Å². The number of nitrogens with one attached hydrogen (secondary N) is 1. The maximum absolute atomic E-state index is 12.3. The van der Waals surface area contributed by atoms with Crippen LogP contribution in [0.15, 0.2) is 33.5 Å². The van der Waals surface area contributed by atoms with E-state index in [1.807, 2.05) is 13.0 Å². The Morgan fingerprint density at radius 1 is 1.45 bits per heavy atom. The normalized spacial score (nSPS) is 11.2. The van der Waals surface area contributed by atoms with Crippen LogP contribution >= 0.6 is 38.5 Å². The van der Waals surface area contributed by atoms with E-state index in [1.54, 1.807) is 18.2 Å². The fraction of sp³-hybridized carbons (Fsp3) is 0.0769. The first-order valence-corrected chi connectivity index (χ1v) is 7.62. The van der Waals surface area contributed by atoms with Gasteiger partial charge in [-0.2, -0.15) is 9.61 Å². The van der Waals surface area contributed by atoms with Gasteiger partial charge < -0.3 is 10.1 Å². The van der Waals surface area contributed by atoms with Gasteiger partial charge in [-0.3, -0.25) is 4.79 Å². The third-order valence-electron chi connectivity index (χ3n) is 2.98. The molecule has 1 aromatic carbocycles. The lowest BCUT2D eigenvalue weighted by Gasteiger charge is -2.06.